The second-order valence-corrected chi connectivity index (χ2v) is 6.28. The Morgan fingerprint density at radius 3 is 2.42 bits per heavy atom. The average molecular weight is 379 g/mol. The van der Waals surface area contributed by atoms with Crippen LogP contribution in [-0.2, 0) is 13.2 Å². The van der Waals surface area contributed by atoms with Gasteiger partial charge in [-0.3, -0.25) is 9.78 Å². The molecule has 1 amide bonds. The number of nitrogens with zero attached hydrogens (tertiary/aromatic N) is 4. The van der Waals surface area contributed by atoms with E-state index in [0.717, 1.165) is 28.4 Å². The number of aromatic nitrogens is 4. The number of pyridine rings is 1. The Morgan fingerprint density at radius 2 is 1.88 bits per heavy atom. The number of amides is 1. The highest BCUT2D eigenvalue weighted by Crippen LogP contribution is 2.28. The molecule has 3 rings (SSSR count). The van der Waals surface area contributed by atoms with Gasteiger partial charge in [-0.05, 0) is 48.2 Å². The van der Waals surface area contributed by atoms with Gasteiger partial charge in [-0.1, -0.05) is 0 Å². The van der Waals surface area contributed by atoms with Gasteiger partial charge in [-0.25, -0.2) is 0 Å². The molecule has 3 aromatic rings. The van der Waals surface area contributed by atoms with Crippen molar-refractivity contribution in [3.63, 3.8) is 0 Å². The summed E-state index contributed by atoms with van der Waals surface area (Å²) in [6, 6.07) is 8.82. The molecular weight excluding hydrogens is 367 g/mol. The van der Waals surface area contributed by atoms with E-state index in [-0.39, 0.29) is 5.56 Å². The minimum atomic E-state index is -4.54. The maximum absolute atomic E-state index is 12.5. The van der Waals surface area contributed by atoms with Gasteiger partial charge < -0.3 is 9.88 Å². The fourth-order valence-corrected chi connectivity index (χ4v) is 2.74. The Morgan fingerprint density at radius 1 is 1.15 bits per heavy atom. The van der Waals surface area contributed by atoms with Gasteiger partial charge in [0.2, 0.25) is 0 Å². The monoisotopic (exact) mass is 379 g/mol. The van der Waals surface area contributed by atoms with E-state index in [9.17, 15) is 18.0 Å². The van der Waals surface area contributed by atoms with Crippen LogP contribution in [0.4, 0.5) is 18.9 Å². The van der Waals surface area contributed by atoms with Crippen LogP contribution in [0, 0.1) is 0 Å². The van der Waals surface area contributed by atoms with Gasteiger partial charge in [0.05, 0.1) is 5.56 Å². The lowest BCUT2D eigenvalue weighted by atomic mass is 10.2. The van der Waals surface area contributed by atoms with Crippen molar-refractivity contribution in [3.8, 4) is 0 Å². The third kappa shape index (κ3) is 4.20. The Hall–Kier alpha value is -2.88. The molecule has 0 saturated carbocycles. The number of benzene rings is 1. The molecule has 134 valence electrons. The molecule has 0 saturated heterocycles. The van der Waals surface area contributed by atoms with Crippen LogP contribution < -0.4 is 5.32 Å². The SMILES string of the molecule is Cn1cnnc1Sc1ccc(NC(=O)c2ccc(C(F)(F)F)nc2)cc1. The molecule has 0 aliphatic rings. The second kappa shape index (κ2) is 7.16. The van der Waals surface area contributed by atoms with Crippen LogP contribution in [0.3, 0.4) is 0 Å². The number of anilines is 1. The lowest BCUT2D eigenvalue weighted by molar-refractivity contribution is -0.141. The molecule has 0 unspecified atom stereocenters. The first-order valence-corrected chi connectivity index (χ1v) is 8.11. The molecule has 10 heteroatoms. The molecule has 6 nitrogen and oxygen atoms in total. The molecule has 0 fully saturated rings. The minimum Gasteiger partial charge on any atom is -0.322 e. The minimum absolute atomic E-state index is 0.0375. The molecule has 0 aliphatic carbocycles. The fraction of sp³-hybridized carbons (Fsp3) is 0.125. The largest absolute Gasteiger partial charge is 0.433 e. The number of hydrogen-bond donors (Lipinski definition) is 1. The standard InChI is InChI=1S/C16H12F3N5OS/c1-24-9-21-23-15(24)26-12-5-3-11(4-6-12)22-14(25)10-2-7-13(20-8-10)16(17,18)19/h2-9H,1H3,(H,22,25). The highest BCUT2D eigenvalue weighted by molar-refractivity contribution is 7.99. The molecule has 0 spiro atoms. The number of halogens is 3. The summed E-state index contributed by atoms with van der Waals surface area (Å²) in [7, 11) is 1.83. The number of rotatable bonds is 4. The highest BCUT2D eigenvalue weighted by Gasteiger charge is 2.32. The molecular formula is C16H12F3N5OS. The lowest BCUT2D eigenvalue weighted by Gasteiger charge is -2.08. The second-order valence-electron chi connectivity index (χ2n) is 5.23. The molecule has 0 bridgehead atoms. The van der Waals surface area contributed by atoms with E-state index in [1.165, 1.54) is 11.8 Å². The summed E-state index contributed by atoms with van der Waals surface area (Å²) >= 11 is 1.41. The van der Waals surface area contributed by atoms with Crippen molar-refractivity contribution in [1.29, 1.82) is 0 Å². The fourth-order valence-electron chi connectivity index (χ4n) is 1.98. The van der Waals surface area contributed by atoms with E-state index < -0.39 is 17.8 Å². The summed E-state index contributed by atoms with van der Waals surface area (Å²) in [5.74, 6) is -0.542. The van der Waals surface area contributed by atoms with Crippen molar-refractivity contribution in [2.75, 3.05) is 5.32 Å². The normalized spacial score (nSPS) is 11.4. The van der Waals surface area contributed by atoms with Crippen molar-refractivity contribution in [2.45, 2.75) is 16.2 Å². The summed E-state index contributed by atoms with van der Waals surface area (Å²) in [5.41, 5.74) is -0.494. The van der Waals surface area contributed by atoms with Crippen LogP contribution in [0.2, 0.25) is 0 Å². The van der Waals surface area contributed by atoms with E-state index in [1.54, 1.807) is 35.2 Å². The maximum Gasteiger partial charge on any atom is 0.433 e. The van der Waals surface area contributed by atoms with E-state index in [4.69, 9.17) is 0 Å². The predicted molar refractivity (Wildman–Crippen MR) is 88.8 cm³/mol. The molecule has 1 aromatic carbocycles. The van der Waals surface area contributed by atoms with Gasteiger partial charge in [-0.2, -0.15) is 13.2 Å². The number of carbonyl (C=O) groups is 1. The van der Waals surface area contributed by atoms with E-state index in [0.29, 0.717) is 5.69 Å². The van der Waals surface area contributed by atoms with Gasteiger partial charge >= 0.3 is 6.18 Å². The number of aryl methyl sites for hydroxylation is 1. The van der Waals surface area contributed by atoms with E-state index in [2.05, 4.69) is 20.5 Å². The van der Waals surface area contributed by atoms with Crippen LogP contribution in [-0.4, -0.2) is 25.7 Å². The van der Waals surface area contributed by atoms with Gasteiger partial charge in [-0.15, -0.1) is 10.2 Å². The predicted octanol–water partition coefficient (Wildman–Crippen LogP) is 3.63. The maximum atomic E-state index is 12.5. The molecule has 2 aromatic heterocycles. The van der Waals surface area contributed by atoms with Crippen LogP contribution in [0.25, 0.3) is 0 Å². The van der Waals surface area contributed by atoms with E-state index >= 15 is 0 Å². The van der Waals surface area contributed by atoms with Crippen molar-refractivity contribution in [1.82, 2.24) is 19.7 Å². The summed E-state index contributed by atoms with van der Waals surface area (Å²) in [5, 5.41) is 11.1. The molecule has 0 aliphatic heterocycles. The van der Waals surface area contributed by atoms with Gasteiger partial charge in [0, 0.05) is 23.8 Å². The Kier molecular flexibility index (Phi) is 4.94. The molecule has 2 heterocycles. The third-order valence-electron chi connectivity index (χ3n) is 3.31. The lowest BCUT2D eigenvalue weighted by Crippen LogP contribution is -2.14. The first-order valence-electron chi connectivity index (χ1n) is 7.29. The summed E-state index contributed by atoms with van der Waals surface area (Å²) < 4.78 is 39.2. The van der Waals surface area contributed by atoms with Crippen molar-refractivity contribution < 1.29 is 18.0 Å². The topological polar surface area (TPSA) is 72.7 Å². The first-order chi connectivity index (χ1) is 12.3. The summed E-state index contributed by atoms with van der Waals surface area (Å²) in [4.78, 5) is 16.3. The zero-order valence-electron chi connectivity index (χ0n) is 13.4. The smallest absolute Gasteiger partial charge is 0.322 e. The van der Waals surface area contributed by atoms with Crippen LogP contribution in [0.1, 0.15) is 16.1 Å². The van der Waals surface area contributed by atoms with Crippen molar-refractivity contribution in [2.24, 2.45) is 7.05 Å². The number of alkyl halides is 3. The Bertz CT molecular complexity index is 907. The number of nitrogens with one attached hydrogen (secondary N) is 1. The van der Waals surface area contributed by atoms with Gasteiger partial charge in [0.1, 0.15) is 12.0 Å². The van der Waals surface area contributed by atoms with Crippen LogP contribution in [0.15, 0.2) is 59.0 Å². The van der Waals surface area contributed by atoms with Crippen molar-refractivity contribution >= 4 is 23.4 Å². The van der Waals surface area contributed by atoms with Crippen LogP contribution in [0.5, 0.6) is 0 Å². The zero-order valence-corrected chi connectivity index (χ0v) is 14.2. The van der Waals surface area contributed by atoms with Crippen LogP contribution >= 0.6 is 11.8 Å². The van der Waals surface area contributed by atoms with E-state index in [1.807, 2.05) is 7.05 Å². The molecule has 26 heavy (non-hydrogen) atoms. The van der Waals surface area contributed by atoms with Gasteiger partial charge in [0.15, 0.2) is 5.16 Å². The Labute approximate surface area is 150 Å². The highest BCUT2D eigenvalue weighted by atomic mass is 32.2. The van der Waals surface area contributed by atoms with Gasteiger partial charge in [0.25, 0.3) is 5.91 Å². The zero-order chi connectivity index (χ0) is 18.7. The quantitative estimate of drug-likeness (QED) is 0.749. The Balaban J connectivity index is 1.65. The summed E-state index contributed by atoms with van der Waals surface area (Å²) in [6.07, 6.45) is -2.04. The first kappa shape index (κ1) is 17.9. The average Bonchev–Trinajstić information content (AvgIpc) is 3.01. The molecule has 0 radical (unpaired) electrons. The number of carbonyl (C=O) groups excluding carboxylic acids is 1. The molecule has 0 atom stereocenters. The summed E-state index contributed by atoms with van der Waals surface area (Å²) in [6.45, 7) is 0. The van der Waals surface area contributed by atoms with Crippen molar-refractivity contribution in [3.05, 3.63) is 60.2 Å². The number of hydrogen-bond acceptors (Lipinski definition) is 5. The third-order valence-corrected chi connectivity index (χ3v) is 4.37. The molecule has 1 N–H and O–H groups in total.